The number of carbonyl (C=O) groups is 1. The van der Waals surface area contributed by atoms with Gasteiger partial charge >= 0.3 is 5.97 Å². The molecular weight excluding hydrogens is 196 g/mol. The molecule has 0 spiro atoms. The summed E-state index contributed by atoms with van der Waals surface area (Å²) >= 11 is 0. The van der Waals surface area contributed by atoms with Crippen LogP contribution >= 0.6 is 0 Å². The van der Waals surface area contributed by atoms with Gasteiger partial charge in [0.05, 0.1) is 0 Å². The minimum absolute atomic E-state index is 0.343. The van der Waals surface area contributed by atoms with E-state index >= 15 is 0 Å². The average molecular weight is 214 g/mol. The molecule has 0 aliphatic heterocycles. The van der Waals surface area contributed by atoms with E-state index < -0.39 is 12.0 Å². The van der Waals surface area contributed by atoms with Gasteiger partial charge in [-0.15, -0.1) is 0 Å². The molecule has 0 aromatic heterocycles. The Morgan fingerprint density at radius 3 is 2.73 bits per heavy atom. The zero-order valence-electron chi connectivity index (χ0n) is 9.18. The van der Waals surface area contributed by atoms with Gasteiger partial charge in [-0.25, -0.2) is 0 Å². The van der Waals surface area contributed by atoms with Crippen LogP contribution in [-0.4, -0.2) is 30.2 Å². The van der Waals surface area contributed by atoms with Crippen molar-refractivity contribution in [3.8, 4) is 0 Å². The topological polar surface area (TPSA) is 98.1 Å². The van der Waals surface area contributed by atoms with Crippen molar-refractivity contribution in [1.82, 2.24) is 5.32 Å². The van der Waals surface area contributed by atoms with Crippen LogP contribution in [0, 0.1) is 5.92 Å². The fourth-order valence-corrected chi connectivity index (χ4v) is 1.21. The first-order chi connectivity index (χ1) is 7.07. The van der Waals surface area contributed by atoms with Crippen LogP contribution in [0.15, 0.2) is 5.11 Å². The highest BCUT2D eigenvalue weighted by Gasteiger charge is 2.17. The lowest BCUT2D eigenvalue weighted by Gasteiger charge is -2.15. The van der Waals surface area contributed by atoms with E-state index in [0.717, 1.165) is 0 Å². The Bertz CT molecular complexity index is 236. The molecule has 6 nitrogen and oxygen atoms in total. The van der Waals surface area contributed by atoms with Gasteiger partial charge in [-0.2, -0.15) is 0 Å². The molecule has 0 bridgehead atoms. The minimum Gasteiger partial charge on any atom is -0.480 e. The summed E-state index contributed by atoms with van der Waals surface area (Å²) in [5.74, 6) is -0.483. The van der Waals surface area contributed by atoms with Gasteiger partial charge in [0, 0.05) is 11.5 Å². The molecule has 0 rings (SSSR count). The smallest absolute Gasteiger partial charge is 0.320 e. The first kappa shape index (κ1) is 13.7. The average Bonchev–Trinajstić information content (AvgIpc) is 2.15. The van der Waals surface area contributed by atoms with Gasteiger partial charge in [-0.3, -0.25) is 4.79 Å². The van der Waals surface area contributed by atoms with Crippen LogP contribution in [0.2, 0.25) is 0 Å². The monoisotopic (exact) mass is 214 g/mol. The molecular formula is C9H18N4O2. The third-order valence-corrected chi connectivity index (χ3v) is 1.89. The summed E-state index contributed by atoms with van der Waals surface area (Å²) in [7, 11) is 0. The van der Waals surface area contributed by atoms with Crippen molar-refractivity contribution in [3.63, 3.8) is 0 Å². The second-order valence-electron chi connectivity index (χ2n) is 3.78. The summed E-state index contributed by atoms with van der Waals surface area (Å²) < 4.78 is 0. The van der Waals surface area contributed by atoms with Crippen molar-refractivity contribution in [2.45, 2.75) is 32.7 Å². The van der Waals surface area contributed by atoms with E-state index in [0.29, 0.717) is 31.8 Å². The van der Waals surface area contributed by atoms with Gasteiger partial charge in [0.25, 0.3) is 0 Å². The van der Waals surface area contributed by atoms with Gasteiger partial charge in [0.1, 0.15) is 6.04 Å². The van der Waals surface area contributed by atoms with Crippen molar-refractivity contribution in [2.75, 3.05) is 13.1 Å². The number of rotatable bonds is 8. The van der Waals surface area contributed by atoms with Gasteiger partial charge in [0.2, 0.25) is 0 Å². The summed E-state index contributed by atoms with van der Waals surface area (Å²) in [6, 6.07) is -0.504. The number of aliphatic carboxylic acids is 1. The molecule has 0 radical (unpaired) electrons. The molecule has 86 valence electrons. The Labute approximate surface area is 89.3 Å². The van der Waals surface area contributed by atoms with E-state index in [2.05, 4.69) is 15.3 Å². The molecule has 0 aliphatic carbocycles. The van der Waals surface area contributed by atoms with Crippen LogP contribution in [0.1, 0.15) is 26.7 Å². The molecule has 0 saturated heterocycles. The van der Waals surface area contributed by atoms with E-state index in [1.54, 1.807) is 0 Å². The fraction of sp³-hybridized carbons (Fsp3) is 0.889. The van der Waals surface area contributed by atoms with Crippen LogP contribution in [0.5, 0.6) is 0 Å². The second-order valence-corrected chi connectivity index (χ2v) is 3.78. The fourth-order valence-electron chi connectivity index (χ4n) is 1.21. The van der Waals surface area contributed by atoms with Crippen LogP contribution in [0.25, 0.3) is 10.4 Å². The van der Waals surface area contributed by atoms with Crippen LogP contribution in [-0.2, 0) is 4.79 Å². The van der Waals surface area contributed by atoms with Crippen molar-refractivity contribution in [1.29, 1.82) is 0 Å². The Balaban J connectivity index is 3.76. The van der Waals surface area contributed by atoms with Gasteiger partial charge in [0.15, 0.2) is 0 Å². The third kappa shape index (κ3) is 7.78. The molecule has 15 heavy (non-hydrogen) atoms. The molecule has 1 atom stereocenters. The van der Waals surface area contributed by atoms with E-state index in [-0.39, 0.29) is 0 Å². The Morgan fingerprint density at radius 2 is 2.27 bits per heavy atom. The summed E-state index contributed by atoms with van der Waals surface area (Å²) in [6.07, 6.45) is 1.27. The Kier molecular flexibility index (Phi) is 7.40. The molecule has 0 amide bonds. The quantitative estimate of drug-likeness (QED) is 0.279. The summed E-state index contributed by atoms with van der Waals surface area (Å²) in [6.45, 7) is 4.93. The maximum Gasteiger partial charge on any atom is 0.320 e. The van der Waals surface area contributed by atoms with E-state index in [1.165, 1.54) is 0 Å². The van der Waals surface area contributed by atoms with Crippen LogP contribution in [0.3, 0.4) is 0 Å². The van der Waals surface area contributed by atoms with Crippen molar-refractivity contribution in [2.24, 2.45) is 11.0 Å². The van der Waals surface area contributed by atoms with Gasteiger partial charge < -0.3 is 10.4 Å². The summed E-state index contributed by atoms with van der Waals surface area (Å²) in [4.78, 5) is 13.4. The molecule has 0 heterocycles. The lowest BCUT2D eigenvalue weighted by molar-refractivity contribution is -0.139. The molecule has 0 saturated carbocycles. The van der Waals surface area contributed by atoms with Gasteiger partial charge in [-0.1, -0.05) is 19.0 Å². The number of hydrogen-bond donors (Lipinski definition) is 2. The van der Waals surface area contributed by atoms with Gasteiger partial charge in [-0.05, 0) is 30.8 Å². The molecule has 2 N–H and O–H groups in total. The van der Waals surface area contributed by atoms with Crippen LogP contribution < -0.4 is 5.32 Å². The minimum atomic E-state index is -0.826. The molecule has 0 aromatic carbocycles. The normalized spacial score (nSPS) is 12.2. The Morgan fingerprint density at radius 1 is 1.60 bits per heavy atom. The number of nitrogens with one attached hydrogen (secondary N) is 1. The number of carboxylic acids is 1. The highest BCUT2D eigenvalue weighted by molar-refractivity contribution is 5.73. The van der Waals surface area contributed by atoms with E-state index in [1.807, 2.05) is 13.8 Å². The second kappa shape index (κ2) is 8.08. The van der Waals surface area contributed by atoms with E-state index in [4.69, 9.17) is 10.6 Å². The zero-order chi connectivity index (χ0) is 11.7. The lowest BCUT2D eigenvalue weighted by Crippen LogP contribution is -2.38. The summed E-state index contributed by atoms with van der Waals surface area (Å²) in [5.41, 5.74) is 8.03. The maximum atomic E-state index is 10.8. The SMILES string of the molecule is CC(C)CC(NCCCN=[N+]=[N-])C(=O)O. The van der Waals surface area contributed by atoms with Crippen molar-refractivity contribution < 1.29 is 9.90 Å². The van der Waals surface area contributed by atoms with Crippen molar-refractivity contribution in [3.05, 3.63) is 10.4 Å². The molecule has 0 aliphatic rings. The highest BCUT2D eigenvalue weighted by Crippen LogP contribution is 2.04. The first-order valence-electron chi connectivity index (χ1n) is 5.05. The molecule has 0 fully saturated rings. The maximum absolute atomic E-state index is 10.8. The lowest BCUT2D eigenvalue weighted by atomic mass is 10.0. The standard InChI is InChI=1S/C9H18N4O2/c1-7(2)6-8(9(14)15)11-4-3-5-12-13-10/h7-8,11H,3-6H2,1-2H3,(H,14,15). The number of azide groups is 1. The summed E-state index contributed by atoms with van der Waals surface area (Å²) in [5, 5.41) is 15.2. The molecule has 1 unspecified atom stereocenters. The first-order valence-corrected chi connectivity index (χ1v) is 5.05. The highest BCUT2D eigenvalue weighted by atomic mass is 16.4. The number of hydrogen-bond acceptors (Lipinski definition) is 3. The Hall–Kier alpha value is -1.26. The molecule has 0 aromatic rings. The predicted molar refractivity (Wildman–Crippen MR) is 57.5 cm³/mol. The number of nitrogens with zero attached hydrogens (tertiary/aromatic N) is 3. The van der Waals surface area contributed by atoms with Crippen LogP contribution in [0.4, 0.5) is 0 Å². The van der Waals surface area contributed by atoms with Crippen molar-refractivity contribution >= 4 is 5.97 Å². The number of carboxylic acid groups (broad SMARTS) is 1. The molecule has 6 heteroatoms. The third-order valence-electron chi connectivity index (χ3n) is 1.89. The largest absolute Gasteiger partial charge is 0.480 e. The predicted octanol–water partition coefficient (Wildman–Crippen LogP) is 1.78. The zero-order valence-corrected chi connectivity index (χ0v) is 9.18. The van der Waals surface area contributed by atoms with E-state index in [9.17, 15) is 4.79 Å².